The van der Waals surface area contributed by atoms with Crippen molar-refractivity contribution in [1.82, 2.24) is 4.98 Å². The van der Waals surface area contributed by atoms with Gasteiger partial charge in [-0.2, -0.15) is 0 Å². The molecule has 1 aromatic heterocycles. The van der Waals surface area contributed by atoms with Gasteiger partial charge < -0.3 is 10.1 Å². The number of nitrogens with zero attached hydrogens (tertiary/aromatic N) is 3. The van der Waals surface area contributed by atoms with Gasteiger partial charge in [0.1, 0.15) is 0 Å². The van der Waals surface area contributed by atoms with E-state index in [9.17, 15) is 5.21 Å². The molecule has 0 amide bonds. The minimum absolute atomic E-state index is 0.0974. The van der Waals surface area contributed by atoms with Crippen molar-refractivity contribution >= 4 is 11.4 Å². The molecule has 0 saturated carbocycles. The quantitative estimate of drug-likeness (QED) is 0.388. The smallest absolute Gasteiger partial charge is 0.0878 e. The Kier molecular flexibility index (Phi) is 5.87. The molecule has 1 N–H and O–H groups in total. The standard InChI is InChI=1S/C23H25N3O/c1-17-5-4-6-20(15-17)22(18-7-9-21(10-8-18)26(2)3)16-23(25-27)19-11-13-24-14-12-19/h4-15,22,27H,16H2,1-3H3/b25-23+. The Bertz CT molecular complexity index is 902. The van der Waals surface area contributed by atoms with Crippen LogP contribution in [0.3, 0.4) is 0 Å². The third kappa shape index (κ3) is 4.53. The molecule has 3 rings (SSSR count). The van der Waals surface area contributed by atoms with Crippen molar-refractivity contribution in [3.63, 3.8) is 0 Å². The molecule has 0 bridgehead atoms. The van der Waals surface area contributed by atoms with E-state index in [1.807, 2.05) is 26.2 Å². The van der Waals surface area contributed by atoms with Crippen LogP contribution in [0.25, 0.3) is 0 Å². The highest BCUT2D eigenvalue weighted by Crippen LogP contribution is 2.31. The average Bonchev–Trinajstić information content (AvgIpc) is 2.69. The highest BCUT2D eigenvalue weighted by Gasteiger charge is 2.19. The molecule has 2 aromatic carbocycles. The summed E-state index contributed by atoms with van der Waals surface area (Å²) in [7, 11) is 4.07. The van der Waals surface area contributed by atoms with Crippen molar-refractivity contribution in [2.24, 2.45) is 5.16 Å². The normalized spacial score (nSPS) is 12.6. The van der Waals surface area contributed by atoms with E-state index in [1.54, 1.807) is 12.4 Å². The van der Waals surface area contributed by atoms with Crippen LogP contribution in [0, 0.1) is 6.92 Å². The maximum atomic E-state index is 9.65. The summed E-state index contributed by atoms with van der Waals surface area (Å²) in [4.78, 5) is 6.14. The van der Waals surface area contributed by atoms with Crippen molar-refractivity contribution in [2.75, 3.05) is 19.0 Å². The van der Waals surface area contributed by atoms with Gasteiger partial charge in [-0.1, -0.05) is 47.1 Å². The molecule has 0 fully saturated rings. The Balaban J connectivity index is 1.99. The fourth-order valence-electron chi connectivity index (χ4n) is 3.27. The van der Waals surface area contributed by atoms with Gasteiger partial charge in [0.2, 0.25) is 0 Å². The van der Waals surface area contributed by atoms with Gasteiger partial charge >= 0.3 is 0 Å². The van der Waals surface area contributed by atoms with Gasteiger partial charge in [0, 0.05) is 50.1 Å². The van der Waals surface area contributed by atoms with Crippen LogP contribution in [0.4, 0.5) is 5.69 Å². The monoisotopic (exact) mass is 359 g/mol. The van der Waals surface area contributed by atoms with Crippen molar-refractivity contribution in [3.05, 3.63) is 95.3 Å². The lowest BCUT2D eigenvalue weighted by Gasteiger charge is -2.21. The van der Waals surface area contributed by atoms with Crippen LogP contribution in [0.2, 0.25) is 0 Å². The topological polar surface area (TPSA) is 48.7 Å². The van der Waals surface area contributed by atoms with E-state index in [0.29, 0.717) is 12.1 Å². The fraction of sp³-hybridized carbons (Fsp3) is 0.217. The lowest BCUT2D eigenvalue weighted by atomic mass is 9.85. The van der Waals surface area contributed by atoms with Crippen LogP contribution < -0.4 is 4.90 Å². The molecule has 0 saturated heterocycles. The summed E-state index contributed by atoms with van der Waals surface area (Å²) in [6.07, 6.45) is 4.04. The summed E-state index contributed by atoms with van der Waals surface area (Å²) in [5.74, 6) is 0.0974. The first-order valence-corrected chi connectivity index (χ1v) is 9.03. The third-order valence-electron chi connectivity index (χ3n) is 4.79. The molecular formula is C23H25N3O. The number of oxime groups is 1. The Hall–Kier alpha value is -3.14. The molecule has 0 spiro atoms. The van der Waals surface area contributed by atoms with Gasteiger partial charge in [-0.25, -0.2) is 0 Å². The SMILES string of the molecule is Cc1cccc(C(C/C(=N\O)c2ccncc2)c2ccc(N(C)C)cc2)c1. The first-order valence-electron chi connectivity index (χ1n) is 9.03. The van der Waals surface area contributed by atoms with E-state index in [-0.39, 0.29) is 5.92 Å². The molecule has 0 aliphatic rings. The number of rotatable bonds is 6. The molecule has 1 heterocycles. The van der Waals surface area contributed by atoms with E-state index in [2.05, 4.69) is 70.5 Å². The van der Waals surface area contributed by atoms with Gasteiger partial charge in [-0.15, -0.1) is 0 Å². The van der Waals surface area contributed by atoms with E-state index in [4.69, 9.17) is 0 Å². The number of aromatic nitrogens is 1. The maximum absolute atomic E-state index is 9.65. The van der Waals surface area contributed by atoms with E-state index < -0.39 is 0 Å². The second-order valence-electron chi connectivity index (χ2n) is 6.94. The number of hydrogen-bond donors (Lipinski definition) is 1. The number of aryl methyl sites for hydroxylation is 1. The molecular weight excluding hydrogens is 334 g/mol. The number of anilines is 1. The van der Waals surface area contributed by atoms with Crippen molar-refractivity contribution in [3.8, 4) is 0 Å². The summed E-state index contributed by atoms with van der Waals surface area (Å²) in [5, 5.41) is 13.3. The summed E-state index contributed by atoms with van der Waals surface area (Å²) in [5.41, 5.74) is 6.32. The Morgan fingerprint density at radius 3 is 2.30 bits per heavy atom. The van der Waals surface area contributed by atoms with Gasteiger partial charge in [-0.3, -0.25) is 4.98 Å². The maximum Gasteiger partial charge on any atom is 0.0878 e. The van der Waals surface area contributed by atoms with Crippen molar-refractivity contribution in [2.45, 2.75) is 19.3 Å². The number of benzene rings is 2. The Morgan fingerprint density at radius 1 is 1.00 bits per heavy atom. The summed E-state index contributed by atoms with van der Waals surface area (Å²) in [6, 6.07) is 20.8. The van der Waals surface area contributed by atoms with Gasteiger partial charge in [0.25, 0.3) is 0 Å². The molecule has 4 heteroatoms. The molecule has 3 aromatic rings. The van der Waals surface area contributed by atoms with Crippen LogP contribution in [0.5, 0.6) is 0 Å². The highest BCUT2D eigenvalue weighted by molar-refractivity contribution is 6.00. The minimum atomic E-state index is 0.0974. The first-order chi connectivity index (χ1) is 13.1. The molecule has 1 atom stereocenters. The number of hydrogen-bond acceptors (Lipinski definition) is 4. The van der Waals surface area contributed by atoms with Crippen molar-refractivity contribution in [1.29, 1.82) is 0 Å². The minimum Gasteiger partial charge on any atom is -0.411 e. The second-order valence-corrected chi connectivity index (χ2v) is 6.94. The summed E-state index contributed by atoms with van der Waals surface area (Å²) < 4.78 is 0. The lowest BCUT2D eigenvalue weighted by molar-refractivity contribution is 0.317. The largest absolute Gasteiger partial charge is 0.411 e. The molecule has 138 valence electrons. The Labute approximate surface area is 160 Å². The van der Waals surface area contributed by atoms with E-state index in [1.165, 1.54) is 16.7 Å². The summed E-state index contributed by atoms with van der Waals surface area (Å²) in [6.45, 7) is 2.10. The van der Waals surface area contributed by atoms with Crippen LogP contribution >= 0.6 is 0 Å². The lowest BCUT2D eigenvalue weighted by Crippen LogP contribution is -2.12. The molecule has 0 aliphatic heterocycles. The zero-order chi connectivity index (χ0) is 19.2. The van der Waals surface area contributed by atoms with Crippen molar-refractivity contribution < 1.29 is 5.21 Å². The van der Waals surface area contributed by atoms with Crippen LogP contribution in [0.1, 0.15) is 34.6 Å². The summed E-state index contributed by atoms with van der Waals surface area (Å²) >= 11 is 0. The van der Waals surface area contributed by atoms with Crippen LogP contribution in [-0.4, -0.2) is 30.0 Å². The third-order valence-corrected chi connectivity index (χ3v) is 4.79. The Morgan fingerprint density at radius 2 is 1.70 bits per heavy atom. The second kappa shape index (κ2) is 8.49. The highest BCUT2D eigenvalue weighted by atomic mass is 16.4. The molecule has 4 nitrogen and oxygen atoms in total. The molecule has 0 radical (unpaired) electrons. The fourth-order valence-corrected chi connectivity index (χ4v) is 3.27. The van der Waals surface area contributed by atoms with Crippen LogP contribution in [0.15, 0.2) is 78.2 Å². The van der Waals surface area contributed by atoms with Gasteiger partial charge in [-0.05, 0) is 42.3 Å². The van der Waals surface area contributed by atoms with E-state index in [0.717, 1.165) is 11.3 Å². The first kappa shape index (κ1) is 18.6. The predicted octanol–water partition coefficient (Wildman–Crippen LogP) is 4.86. The van der Waals surface area contributed by atoms with Gasteiger partial charge in [0.05, 0.1) is 5.71 Å². The van der Waals surface area contributed by atoms with Gasteiger partial charge in [0.15, 0.2) is 0 Å². The molecule has 0 aliphatic carbocycles. The van der Waals surface area contributed by atoms with Crippen LogP contribution in [-0.2, 0) is 0 Å². The zero-order valence-electron chi connectivity index (χ0n) is 16.0. The molecule has 1 unspecified atom stereocenters. The zero-order valence-corrected chi connectivity index (χ0v) is 16.0. The van der Waals surface area contributed by atoms with E-state index >= 15 is 0 Å². The average molecular weight is 359 g/mol. The molecule has 27 heavy (non-hydrogen) atoms. The predicted molar refractivity (Wildman–Crippen MR) is 111 cm³/mol. The number of pyridine rings is 1.